The Morgan fingerprint density at radius 3 is 2.87 bits per heavy atom. The Hall–Kier alpha value is -1.06. The Bertz CT molecular complexity index is 529. The van der Waals surface area contributed by atoms with Crippen LogP contribution in [0, 0.1) is 6.92 Å². The topological polar surface area (TPSA) is 22.0 Å². The number of aromatic nitrogens is 1. The average molecular weight is 240 g/mol. The Labute approximate surface area is 96.8 Å². The number of hydrogen-bond donors (Lipinski definition) is 0. The minimum Gasteiger partial charge on any atom is -0.299 e. The van der Waals surface area contributed by atoms with Crippen molar-refractivity contribution in [2.45, 2.75) is 13.5 Å². The Balaban J connectivity index is 2.33. The van der Waals surface area contributed by atoms with Crippen LogP contribution >= 0.6 is 22.9 Å². The molecule has 0 spiro atoms. The van der Waals surface area contributed by atoms with Crippen LogP contribution in [0.4, 0.5) is 0 Å². The summed E-state index contributed by atoms with van der Waals surface area (Å²) in [6.07, 6.45) is 0. The summed E-state index contributed by atoms with van der Waals surface area (Å²) >= 11 is 7.11. The van der Waals surface area contributed by atoms with Gasteiger partial charge in [-0.25, -0.2) is 0 Å². The molecule has 0 amide bonds. The summed E-state index contributed by atoms with van der Waals surface area (Å²) in [6.45, 7) is 2.52. The first kappa shape index (κ1) is 10.5. The van der Waals surface area contributed by atoms with Crippen molar-refractivity contribution in [3.05, 3.63) is 55.6 Å². The van der Waals surface area contributed by atoms with Gasteiger partial charge < -0.3 is 0 Å². The van der Waals surface area contributed by atoms with E-state index in [1.807, 2.05) is 36.6 Å². The van der Waals surface area contributed by atoms with Crippen molar-refractivity contribution in [3.63, 3.8) is 0 Å². The standard InChI is InChI=1S/C11H10ClNOS/c1-8-7-15-11(14)13(8)6-9-3-2-4-10(12)5-9/h2-5,7H,6H2,1H3. The van der Waals surface area contributed by atoms with Crippen LogP contribution in [0.15, 0.2) is 34.4 Å². The highest BCUT2D eigenvalue weighted by Gasteiger charge is 2.03. The van der Waals surface area contributed by atoms with Crippen LogP contribution in [0.3, 0.4) is 0 Å². The van der Waals surface area contributed by atoms with E-state index in [0.717, 1.165) is 11.3 Å². The molecular formula is C11H10ClNOS. The fourth-order valence-electron chi connectivity index (χ4n) is 1.41. The van der Waals surface area contributed by atoms with Crippen molar-refractivity contribution in [2.24, 2.45) is 0 Å². The fourth-order valence-corrected chi connectivity index (χ4v) is 2.36. The highest BCUT2D eigenvalue weighted by Crippen LogP contribution is 2.12. The van der Waals surface area contributed by atoms with E-state index < -0.39 is 0 Å². The third kappa shape index (κ3) is 2.30. The van der Waals surface area contributed by atoms with Crippen LogP contribution in [0.2, 0.25) is 5.02 Å². The van der Waals surface area contributed by atoms with Crippen LogP contribution in [-0.4, -0.2) is 4.57 Å². The highest BCUT2D eigenvalue weighted by atomic mass is 35.5. The van der Waals surface area contributed by atoms with E-state index in [1.54, 1.807) is 4.57 Å². The van der Waals surface area contributed by atoms with Crippen molar-refractivity contribution in [1.82, 2.24) is 4.57 Å². The second-order valence-electron chi connectivity index (χ2n) is 3.36. The maximum atomic E-state index is 11.5. The molecule has 1 heterocycles. The smallest absolute Gasteiger partial charge is 0.299 e. The van der Waals surface area contributed by atoms with Crippen molar-refractivity contribution in [3.8, 4) is 0 Å². The van der Waals surface area contributed by atoms with Gasteiger partial charge in [-0.3, -0.25) is 9.36 Å². The van der Waals surface area contributed by atoms with Crippen LogP contribution in [0.25, 0.3) is 0 Å². The molecule has 0 aliphatic heterocycles. The number of rotatable bonds is 2. The van der Waals surface area contributed by atoms with Crippen LogP contribution in [0.5, 0.6) is 0 Å². The van der Waals surface area contributed by atoms with Crippen LogP contribution in [-0.2, 0) is 6.54 Å². The van der Waals surface area contributed by atoms with Gasteiger partial charge in [0.05, 0.1) is 6.54 Å². The number of benzene rings is 1. The lowest BCUT2D eigenvalue weighted by Gasteiger charge is -2.04. The van der Waals surface area contributed by atoms with E-state index >= 15 is 0 Å². The predicted octanol–water partition coefficient (Wildman–Crippen LogP) is 2.92. The molecule has 0 aliphatic rings. The van der Waals surface area contributed by atoms with E-state index in [9.17, 15) is 4.79 Å². The second kappa shape index (κ2) is 4.21. The third-order valence-electron chi connectivity index (χ3n) is 2.21. The lowest BCUT2D eigenvalue weighted by molar-refractivity contribution is 0.755. The lowest BCUT2D eigenvalue weighted by Crippen LogP contribution is -2.15. The highest BCUT2D eigenvalue weighted by molar-refractivity contribution is 7.07. The van der Waals surface area contributed by atoms with Crippen molar-refractivity contribution in [2.75, 3.05) is 0 Å². The summed E-state index contributed by atoms with van der Waals surface area (Å²) in [6, 6.07) is 7.57. The van der Waals surface area contributed by atoms with Gasteiger partial charge in [-0.05, 0) is 24.6 Å². The Kier molecular flexibility index (Phi) is 2.93. The molecule has 2 rings (SSSR count). The van der Waals surface area contributed by atoms with Gasteiger partial charge in [0, 0.05) is 16.1 Å². The number of nitrogens with zero attached hydrogens (tertiary/aromatic N) is 1. The molecule has 1 aromatic carbocycles. The molecule has 15 heavy (non-hydrogen) atoms. The van der Waals surface area contributed by atoms with Crippen LogP contribution < -0.4 is 4.87 Å². The zero-order valence-electron chi connectivity index (χ0n) is 8.24. The zero-order chi connectivity index (χ0) is 10.8. The molecule has 2 nitrogen and oxygen atoms in total. The van der Waals surface area contributed by atoms with Gasteiger partial charge in [-0.2, -0.15) is 0 Å². The molecule has 0 aliphatic carbocycles. The fraction of sp³-hybridized carbons (Fsp3) is 0.182. The molecule has 4 heteroatoms. The minimum atomic E-state index is 0.0764. The molecule has 1 aromatic heterocycles. The van der Waals surface area contributed by atoms with Gasteiger partial charge >= 0.3 is 4.87 Å². The quantitative estimate of drug-likeness (QED) is 0.790. The normalized spacial score (nSPS) is 10.5. The lowest BCUT2D eigenvalue weighted by atomic mass is 10.2. The molecule has 0 radical (unpaired) electrons. The van der Waals surface area contributed by atoms with Crippen molar-refractivity contribution < 1.29 is 0 Å². The number of thiazole rings is 1. The van der Waals surface area contributed by atoms with Gasteiger partial charge in [-0.1, -0.05) is 35.1 Å². The molecular weight excluding hydrogens is 230 g/mol. The number of aryl methyl sites for hydroxylation is 1. The first-order chi connectivity index (χ1) is 7.16. The third-order valence-corrected chi connectivity index (χ3v) is 3.32. The molecule has 0 bridgehead atoms. The minimum absolute atomic E-state index is 0.0764. The van der Waals surface area contributed by atoms with Crippen LogP contribution in [0.1, 0.15) is 11.3 Å². The Morgan fingerprint density at radius 2 is 2.27 bits per heavy atom. The largest absolute Gasteiger partial charge is 0.307 e. The van der Waals surface area contributed by atoms with E-state index in [-0.39, 0.29) is 4.87 Å². The summed E-state index contributed by atoms with van der Waals surface area (Å²) < 4.78 is 1.75. The molecule has 0 fully saturated rings. The van der Waals surface area contributed by atoms with Gasteiger partial charge in [0.25, 0.3) is 0 Å². The monoisotopic (exact) mass is 239 g/mol. The molecule has 2 aromatic rings. The molecule has 78 valence electrons. The number of halogens is 1. The summed E-state index contributed by atoms with van der Waals surface area (Å²) in [7, 11) is 0. The summed E-state index contributed by atoms with van der Waals surface area (Å²) in [4.78, 5) is 11.6. The second-order valence-corrected chi connectivity index (χ2v) is 4.62. The van der Waals surface area contributed by atoms with Crippen molar-refractivity contribution >= 4 is 22.9 Å². The van der Waals surface area contributed by atoms with Gasteiger partial charge in [0.2, 0.25) is 0 Å². The summed E-state index contributed by atoms with van der Waals surface area (Å²) in [5, 5.41) is 2.57. The maximum Gasteiger partial charge on any atom is 0.307 e. The Morgan fingerprint density at radius 1 is 1.47 bits per heavy atom. The van der Waals surface area contributed by atoms with Gasteiger partial charge in [-0.15, -0.1) is 0 Å². The van der Waals surface area contributed by atoms with E-state index in [0.29, 0.717) is 11.6 Å². The zero-order valence-corrected chi connectivity index (χ0v) is 9.81. The first-order valence-corrected chi connectivity index (χ1v) is 5.82. The summed E-state index contributed by atoms with van der Waals surface area (Å²) in [5.41, 5.74) is 2.04. The van der Waals surface area contributed by atoms with Gasteiger partial charge in [0.15, 0.2) is 0 Å². The van der Waals surface area contributed by atoms with Gasteiger partial charge in [0.1, 0.15) is 0 Å². The maximum absolute atomic E-state index is 11.5. The van der Waals surface area contributed by atoms with E-state index in [1.165, 1.54) is 11.3 Å². The average Bonchev–Trinajstić information content (AvgIpc) is 2.50. The van der Waals surface area contributed by atoms with E-state index in [4.69, 9.17) is 11.6 Å². The SMILES string of the molecule is Cc1csc(=O)n1Cc1cccc(Cl)c1. The molecule has 0 N–H and O–H groups in total. The number of hydrogen-bond acceptors (Lipinski definition) is 2. The first-order valence-electron chi connectivity index (χ1n) is 4.56. The molecule has 0 saturated carbocycles. The molecule has 0 unspecified atom stereocenters. The van der Waals surface area contributed by atoms with Crippen molar-refractivity contribution in [1.29, 1.82) is 0 Å². The predicted molar refractivity (Wildman–Crippen MR) is 63.9 cm³/mol. The molecule has 0 saturated heterocycles. The molecule has 0 atom stereocenters. The van der Waals surface area contributed by atoms with E-state index in [2.05, 4.69) is 0 Å². The summed E-state index contributed by atoms with van der Waals surface area (Å²) in [5.74, 6) is 0.